The molecule has 0 spiro atoms. The van der Waals surface area contributed by atoms with Crippen molar-refractivity contribution in [3.8, 4) is 11.5 Å². The fraction of sp³-hybridized carbons (Fsp3) is 0.440. The molecule has 1 saturated heterocycles. The maximum Gasteiger partial charge on any atom is 0.223 e. The molecule has 1 amide bonds. The van der Waals surface area contributed by atoms with E-state index < -0.39 is 0 Å². The van der Waals surface area contributed by atoms with Crippen molar-refractivity contribution in [2.75, 3.05) is 39.8 Å². The van der Waals surface area contributed by atoms with E-state index in [4.69, 9.17) is 9.73 Å². The SMILES string of the molecule is CCNC(=NCC1CC(=O)N(CCc2ccccc2)C1)NCCc1cccc(OC)c1O. The molecule has 1 unspecified atom stereocenters. The van der Waals surface area contributed by atoms with Crippen LogP contribution < -0.4 is 15.4 Å². The molecule has 3 rings (SSSR count). The second kappa shape index (κ2) is 12.0. The third-order valence-corrected chi connectivity index (χ3v) is 5.65. The summed E-state index contributed by atoms with van der Waals surface area (Å²) in [5.41, 5.74) is 2.07. The maximum absolute atomic E-state index is 12.4. The number of phenolic OH excluding ortho intramolecular Hbond substituents is 1. The number of methoxy groups -OCH3 is 1. The van der Waals surface area contributed by atoms with Crippen molar-refractivity contribution in [3.05, 3.63) is 59.7 Å². The molecule has 172 valence electrons. The lowest BCUT2D eigenvalue weighted by molar-refractivity contribution is -0.127. The van der Waals surface area contributed by atoms with E-state index in [0.717, 1.165) is 37.6 Å². The van der Waals surface area contributed by atoms with Gasteiger partial charge >= 0.3 is 0 Å². The van der Waals surface area contributed by atoms with Gasteiger partial charge in [0.15, 0.2) is 17.5 Å². The first-order valence-electron chi connectivity index (χ1n) is 11.3. The molecule has 32 heavy (non-hydrogen) atoms. The predicted octanol–water partition coefficient (Wildman–Crippen LogP) is 2.59. The average Bonchev–Trinajstić information content (AvgIpc) is 3.17. The lowest BCUT2D eigenvalue weighted by Gasteiger charge is -2.16. The van der Waals surface area contributed by atoms with Gasteiger partial charge in [0.25, 0.3) is 0 Å². The van der Waals surface area contributed by atoms with Gasteiger partial charge in [0.05, 0.1) is 7.11 Å². The fourth-order valence-corrected chi connectivity index (χ4v) is 3.91. The van der Waals surface area contributed by atoms with Gasteiger partial charge in [0.2, 0.25) is 5.91 Å². The summed E-state index contributed by atoms with van der Waals surface area (Å²) in [6.45, 7) is 5.52. The van der Waals surface area contributed by atoms with E-state index in [9.17, 15) is 9.90 Å². The second-order valence-electron chi connectivity index (χ2n) is 8.01. The first kappa shape index (κ1) is 23.4. The minimum atomic E-state index is 0.179. The number of phenols is 1. The van der Waals surface area contributed by atoms with Crippen molar-refractivity contribution < 1.29 is 14.6 Å². The van der Waals surface area contributed by atoms with Gasteiger partial charge in [-0.2, -0.15) is 0 Å². The zero-order chi connectivity index (χ0) is 22.8. The molecule has 1 aliphatic rings. The molecular weight excluding hydrogens is 404 g/mol. The van der Waals surface area contributed by atoms with Crippen LogP contribution in [-0.2, 0) is 17.6 Å². The number of likely N-dealkylation sites (tertiary alicyclic amines) is 1. The molecule has 1 atom stereocenters. The molecule has 1 heterocycles. The Morgan fingerprint density at radius 3 is 2.72 bits per heavy atom. The highest BCUT2D eigenvalue weighted by Gasteiger charge is 2.29. The first-order valence-corrected chi connectivity index (χ1v) is 11.3. The van der Waals surface area contributed by atoms with E-state index in [1.54, 1.807) is 13.2 Å². The average molecular weight is 439 g/mol. The van der Waals surface area contributed by atoms with Crippen molar-refractivity contribution in [2.45, 2.75) is 26.2 Å². The number of benzene rings is 2. The number of nitrogens with zero attached hydrogens (tertiary/aromatic N) is 2. The Balaban J connectivity index is 1.47. The second-order valence-corrected chi connectivity index (χ2v) is 8.01. The van der Waals surface area contributed by atoms with Crippen LogP contribution in [0.25, 0.3) is 0 Å². The smallest absolute Gasteiger partial charge is 0.223 e. The fourth-order valence-electron chi connectivity index (χ4n) is 3.91. The molecule has 3 N–H and O–H groups in total. The number of carbonyl (C=O) groups is 1. The highest BCUT2D eigenvalue weighted by atomic mass is 16.5. The monoisotopic (exact) mass is 438 g/mol. The molecular formula is C25H34N4O3. The summed E-state index contributed by atoms with van der Waals surface area (Å²) in [4.78, 5) is 19.1. The summed E-state index contributed by atoms with van der Waals surface area (Å²) < 4.78 is 5.17. The van der Waals surface area contributed by atoms with Crippen LogP contribution in [0.1, 0.15) is 24.5 Å². The predicted molar refractivity (Wildman–Crippen MR) is 127 cm³/mol. The number of hydrogen-bond acceptors (Lipinski definition) is 4. The first-order chi connectivity index (χ1) is 15.6. The van der Waals surface area contributed by atoms with Crippen LogP contribution in [0.4, 0.5) is 0 Å². The standard InChI is InChI=1S/C25H34N4O3/c1-3-26-25(27-14-12-21-10-7-11-22(32-2)24(21)31)28-17-20-16-23(30)29(18-20)15-13-19-8-5-4-6-9-19/h4-11,20,31H,3,12-18H2,1-2H3,(H2,26,27,28). The van der Waals surface area contributed by atoms with Crippen LogP contribution in [0.3, 0.4) is 0 Å². The highest BCUT2D eigenvalue weighted by molar-refractivity contribution is 5.80. The lowest BCUT2D eigenvalue weighted by Crippen LogP contribution is -2.38. The van der Waals surface area contributed by atoms with Gasteiger partial charge in [-0.3, -0.25) is 9.79 Å². The normalized spacial score (nSPS) is 16.3. The maximum atomic E-state index is 12.4. The molecule has 1 aliphatic heterocycles. The van der Waals surface area contributed by atoms with Gasteiger partial charge in [-0.1, -0.05) is 42.5 Å². The highest BCUT2D eigenvalue weighted by Crippen LogP contribution is 2.29. The minimum Gasteiger partial charge on any atom is -0.504 e. The van der Waals surface area contributed by atoms with Crippen LogP contribution >= 0.6 is 0 Å². The van der Waals surface area contributed by atoms with Gasteiger partial charge in [0, 0.05) is 45.1 Å². The third kappa shape index (κ3) is 6.64. The number of carbonyl (C=O) groups excluding carboxylic acids is 1. The summed E-state index contributed by atoms with van der Waals surface area (Å²) in [6.07, 6.45) is 2.07. The molecule has 2 aromatic carbocycles. The van der Waals surface area contributed by atoms with Crippen LogP contribution in [0.2, 0.25) is 0 Å². The summed E-state index contributed by atoms with van der Waals surface area (Å²) in [5, 5.41) is 16.8. The number of aromatic hydroxyl groups is 1. The van der Waals surface area contributed by atoms with Crippen LogP contribution in [0.15, 0.2) is 53.5 Å². The van der Waals surface area contributed by atoms with Crippen molar-refractivity contribution in [1.82, 2.24) is 15.5 Å². The lowest BCUT2D eigenvalue weighted by atomic mass is 10.1. The Kier molecular flexibility index (Phi) is 8.78. The minimum absolute atomic E-state index is 0.179. The number of para-hydroxylation sites is 1. The number of rotatable bonds is 10. The Morgan fingerprint density at radius 2 is 1.97 bits per heavy atom. The number of hydrogen-bond donors (Lipinski definition) is 3. The summed E-state index contributed by atoms with van der Waals surface area (Å²) in [7, 11) is 1.55. The molecule has 0 saturated carbocycles. The van der Waals surface area contributed by atoms with Crippen molar-refractivity contribution in [3.63, 3.8) is 0 Å². The van der Waals surface area contributed by atoms with E-state index in [1.165, 1.54) is 5.56 Å². The van der Waals surface area contributed by atoms with Gasteiger partial charge in [-0.05, 0) is 37.0 Å². The summed E-state index contributed by atoms with van der Waals surface area (Å²) in [6, 6.07) is 15.8. The Labute approximate surface area is 190 Å². The molecule has 7 nitrogen and oxygen atoms in total. The Bertz CT molecular complexity index is 901. The number of amides is 1. The van der Waals surface area contributed by atoms with Gasteiger partial charge in [0.1, 0.15) is 0 Å². The molecule has 2 aromatic rings. The number of nitrogens with one attached hydrogen (secondary N) is 2. The van der Waals surface area contributed by atoms with E-state index >= 15 is 0 Å². The van der Waals surface area contributed by atoms with Crippen LogP contribution in [-0.4, -0.2) is 61.7 Å². The van der Waals surface area contributed by atoms with E-state index in [1.807, 2.05) is 42.2 Å². The number of ether oxygens (including phenoxy) is 1. The van der Waals surface area contributed by atoms with E-state index in [-0.39, 0.29) is 17.6 Å². The Hall–Kier alpha value is -3.22. The molecule has 0 aliphatic carbocycles. The molecule has 0 radical (unpaired) electrons. The van der Waals surface area contributed by atoms with E-state index in [0.29, 0.717) is 31.7 Å². The van der Waals surface area contributed by atoms with Crippen molar-refractivity contribution >= 4 is 11.9 Å². The zero-order valence-electron chi connectivity index (χ0n) is 19.0. The molecule has 0 bridgehead atoms. The van der Waals surface area contributed by atoms with Crippen molar-refractivity contribution in [2.24, 2.45) is 10.9 Å². The number of guanidine groups is 1. The van der Waals surface area contributed by atoms with Crippen LogP contribution in [0.5, 0.6) is 11.5 Å². The van der Waals surface area contributed by atoms with Crippen LogP contribution in [0, 0.1) is 5.92 Å². The molecule has 7 heteroatoms. The van der Waals surface area contributed by atoms with E-state index in [2.05, 4.69) is 22.8 Å². The van der Waals surface area contributed by atoms with Gasteiger partial charge in [-0.15, -0.1) is 0 Å². The van der Waals surface area contributed by atoms with Gasteiger partial charge < -0.3 is 25.4 Å². The Morgan fingerprint density at radius 1 is 1.16 bits per heavy atom. The largest absolute Gasteiger partial charge is 0.504 e. The topological polar surface area (TPSA) is 86.2 Å². The third-order valence-electron chi connectivity index (χ3n) is 5.65. The quantitative estimate of drug-likeness (QED) is 0.392. The van der Waals surface area contributed by atoms with Crippen molar-refractivity contribution in [1.29, 1.82) is 0 Å². The molecule has 0 aromatic heterocycles. The summed E-state index contributed by atoms with van der Waals surface area (Å²) >= 11 is 0. The summed E-state index contributed by atoms with van der Waals surface area (Å²) in [5.74, 6) is 1.83. The molecule has 1 fully saturated rings. The zero-order valence-corrected chi connectivity index (χ0v) is 19.0. The number of aliphatic imine (C=N–C) groups is 1. The van der Waals surface area contributed by atoms with Gasteiger partial charge in [-0.25, -0.2) is 0 Å².